The van der Waals surface area contributed by atoms with E-state index in [0.29, 0.717) is 53.9 Å². The van der Waals surface area contributed by atoms with Crippen LogP contribution in [0.15, 0.2) is 95.9 Å². The highest BCUT2D eigenvalue weighted by atomic mass is 32.2. The fraction of sp³-hybridized carbons (Fsp3) is 0.235. The third-order valence-corrected chi connectivity index (χ3v) is 8.62. The van der Waals surface area contributed by atoms with Crippen molar-refractivity contribution in [3.63, 3.8) is 0 Å². The van der Waals surface area contributed by atoms with Gasteiger partial charge in [0.05, 0.1) is 25.5 Å². The number of carbonyl (C=O) groups excluding carboxylic acids is 2. The summed E-state index contributed by atoms with van der Waals surface area (Å²) in [5.41, 5.74) is 3.99. The monoisotopic (exact) mass is 600 g/mol. The Bertz CT molecular complexity index is 1700. The summed E-state index contributed by atoms with van der Waals surface area (Å²) in [5, 5.41) is 5.69. The maximum Gasteiger partial charge on any atom is 0.255 e. The van der Waals surface area contributed by atoms with Crippen LogP contribution in [0.4, 0.5) is 0 Å². The van der Waals surface area contributed by atoms with Gasteiger partial charge in [0.15, 0.2) is 9.84 Å². The van der Waals surface area contributed by atoms with Crippen LogP contribution in [-0.2, 0) is 22.0 Å². The van der Waals surface area contributed by atoms with Gasteiger partial charge in [-0.25, -0.2) is 8.42 Å². The summed E-state index contributed by atoms with van der Waals surface area (Å²) in [6, 6.07) is 26.6. The highest BCUT2D eigenvalue weighted by Gasteiger charge is 2.22. The lowest BCUT2D eigenvalue weighted by Crippen LogP contribution is -2.25. The van der Waals surface area contributed by atoms with Gasteiger partial charge < -0.3 is 20.1 Å². The van der Waals surface area contributed by atoms with Crippen molar-refractivity contribution in [1.29, 1.82) is 0 Å². The second-order valence-electron chi connectivity index (χ2n) is 9.94. The molecular weight excluding hydrogens is 564 g/mol. The molecule has 0 saturated heterocycles. The third kappa shape index (κ3) is 8.02. The normalized spacial score (nSPS) is 11.0. The lowest BCUT2D eigenvalue weighted by molar-refractivity contribution is 0.0944. The number of hydrogen-bond acceptors (Lipinski definition) is 6. The van der Waals surface area contributed by atoms with Gasteiger partial charge in [-0.05, 0) is 78.4 Å². The fourth-order valence-electron chi connectivity index (χ4n) is 4.80. The highest BCUT2D eigenvalue weighted by Crippen LogP contribution is 2.32. The average molecular weight is 601 g/mol. The van der Waals surface area contributed by atoms with E-state index in [0.717, 1.165) is 11.1 Å². The van der Waals surface area contributed by atoms with Crippen molar-refractivity contribution in [2.75, 3.05) is 27.3 Å². The summed E-state index contributed by atoms with van der Waals surface area (Å²) in [7, 11) is -0.816. The molecule has 4 aromatic rings. The van der Waals surface area contributed by atoms with E-state index in [1.54, 1.807) is 60.7 Å². The van der Waals surface area contributed by atoms with Crippen molar-refractivity contribution in [2.45, 2.75) is 30.4 Å². The number of methoxy groups -OCH3 is 2. The Morgan fingerprint density at radius 1 is 0.721 bits per heavy atom. The molecule has 4 aromatic carbocycles. The van der Waals surface area contributed by atoms with Crippen LogP contribution in [0.25, 0.3) is 11.1 Å². The summed E-state index contributed by atoms with van der Waals surface area (Å²) in [6.45, 7) is 2.82. The first-order valence-corrected chi connectivity index (χ1v) is 15.7. The quantitative estimate of drug-likeness (QED) is 0.197. The SMILES string of the molecule is CCNC(=O)c1cccc(-c2ccc(OC)c(S(=O)(=O)Cc3cccc(CCCNC(=O)c4ccccc4OC)c3)c2)c1. The van der Waals surface area contributed by atoms with E-state index in [2.05, 4.69) is 10.6 Å². The number of sulfone groups is 1. The molecule has 0 saturated carbocycles. The maximum atomic E-state index is 13.7. The highest BCUT2D eigenvalue weighted by molar-refractivity contribution is 7.90. The summed E-state index contributed by atoms with van der Waals surface area (Å²) in [5.74, 6) is 0.174. The lowest BCUT2D eigenvalue weighted by Gasteiger charge is -2.13. The van der Waals surface area contributed by atoms with E-state index in [9.17, 15) is 18.0 Å². The van der Waals surface area contributed by atoms with E-state index < -0.39 is 9.84 Å². The Hall–Kier alpha value is -4.63. The summed E-state index contributed by atoms with van der Waals surface area (Å²) >= 11 is 0. The van der Waals surface area contributed by atoms with Crippen molar-refractivity contribution < 1.29 is 27.5 Å². The zero-order valence-corrected chi connectivity index (χ0v) is 25.4. The molecule has 0 spiro atoms. The van der Waals surface area contributed by atoms with Crippen molar-refractivity contribution in [3.05, 3.63) is 113 Å². The maximum absolute atomic E-state index is 13.7. The van der Waals surface area contributed by atoms with Crippen LogP contribution in [0.2, 0.25) is 0 Å². The predicted octanol–water partition coefficient (Wildman–Crippen LogP) is 5.46. The molecule has 0 aliphatic heterocycles. The number of nitrogens with one attached hydrogen (secondary N) is 2. The molecule has 0 aromatic heterocycles. The minimum absolute atomic E-state index is 0.0837. The predicted molar refractivity (Wildman–Crippen MR) is 167 cm³/mol. The van der Waals surface area contributed by atoms with Gasteiger partial charge in [-0.15, -0.1) is 0 Å². The fourth-order valence-corrected chi connectivity index (χ4v) is 6.33. The van der Waals surface area contributed by atoms with Crippen LogP contribution in [-0.4, -0.2) is 47.5 Å². The lowest BCUT2D eigenvalue weighted by atomic mass is 10.0. The van der Waals surface area contributed by atoms with Gasteiger partial charge in [0.2, 0.25) is 0 Å². The van der Waals surface area contributed by atoms with Gasteiger partial charge in [0.25, 0.3) is 11.8 Å². The number of hydrogen-bond donors (Lipinski definition) is 2. The first-order valence-electron chi connectivity index (χ1n) is 14.0. The molecule has 0 aliphatic rings. The molecule has 8 nitrogen and oxygen atoms in total. The second kappa shape index (κ2) is 14.5. The molecule has 0 unspecified atom stereocenters. The molecule has 0 fully saturated rings. The standard InChI is InChI=1S/C34H36N2O6S/c1-4-35-33(37)28-14-8-13-26(21-28)27-17-18-31(42-3)32(22-27)43(39,40)23-25-11-7-10-24(20-25)12-9-19-36-34(38)29-15-5-6-16-30(29)41-2/h5-8,10-11,13-18,20-22H,4,9,12,19,23H2,1-3H3,(H,35,37)(H,36,38). The summed E-state index contributed by atoms with van der Waals surface area (Å²) in [4.78, 5) is 24.9. The Balaban J connectivity index is 1.45. The molecule has 43 heavy (non-hydrogen) atoms. The van der Waals surface area contributed by atoms with Gasteiger partial charge in [-0.1, -0.05) is 54.6 Å². The van der Waals surface area contributed by atoms with Crippen molar-refractivity contribution >= 4 is 21.7 Å². The van der Waals surface area contributed by atoms with E-state index in [1.165, 1.54) is 14.2 Å². The van der Waals surface area contributed by atoms with Crippen molar-refractivity contribution in [2.24, 2.45) is 0 Å². The smallest absolute Gasteiger partial charge is 0.255 e. The second-order valence-corrected chi connectivity index (χ2v) is 11.9. The molecule has 0 heterocycles. The molecule has 2 N–H and O–H groups in total. The van der Waals surface area contributed by atoms with E-state index in [-0.39, 0.29) is 28.2 Å². The van der Waals surface area contributed by atoms with Crippen LogP contribution in [0.5, 0.6) is 11.5 Å². The Kier molecular flexibility index (Phi) is 10.6. The Morgan fingerprint density at radius 2 is 1.44 bits per heavy atom. The molecule has 0 radical (unpaired) electrons. The van der Waals surface area contributed by atoms with E-state index in [4.69, 9.17) is 9.47 Å². The molecule has 0 bridgehead atoms. The number of rotatable bonds is 13. The number of ether oxygens (including phenoxy) is 2. The minimum atomic E-state index is -3.79. The molecule has 4 rings (SSSR count). The van der Waals surface area contributed by atoms with Crippen molar-refractivity contribution in [1.82, 2.24) is 10.6 Å². The van der Waals surface area contributed by atoms with Crippen LogP contribution in [0.3, 0.4) is 0 Å². The first-order chi connectivity index (χ1) is 20.7. The van der Waals surface area contributed by atoms with Gasteiger partial charge in [-0.3, -0.25) is 9.59 Å². The molecule has 2 amide bonds. The topological polar surface area (TPSA) is 111 Å². The average Bonchev–Trinajstić information content (AvgIpc) is 3.02. The minimum Gasteiger partial charge on any atom is -0.496 e. The van der Waals surface area contributed by atoms with E-state index >= 15 is 0 Å². The number of carbonyl (C=O) groups is 2. The summed E-state index contributed by atoms with van der Waals surface area (Å²) in [6.07, 6.45) is 1.35. The van der Waals surface area contributed by atoms with Gasteiger partial charge in [0, 0.05) is 18.7 Å². The van der Waals surface area contributed by atoms with Gasteiger partial charge >= 0.3 is 0 Å². The van der Waals surface area contributed by atoms with Gasteiger partial charge in [0.1, 0.15) is 16.4 Å². The number of benzene rings is 4. The largest absolute Gasteiger partial charge is 0.496 e. The Labute approximate surface area is 253 Å². The molecule has 224 valence electrons. The zero-order valence-electron chi connectivity index (χ0n) is 24.6. The first kappa shape index (κ1) is 31.3. The van der Waals surface area contributed by atoms with E-state index in [1.807, 2.05) is 37.3 Å². The zero-order chi connectivity index (χ0) is 30.8. The van der Waals surface area contributed by atoms with Crippen molar-refractivity contribution in [3.8, 4) is 22.6 Å². The molecule has 0 aliphatic carbocycles. The summed E-state index contributed by atoms with van der Waals surface area (Å²) < 4.78 is 38.0. The number of amides is 2. The third-order valence-electron chi connectivity index (χ3n) is 6.92. The molecule has 0 atom stereocenters. The number of para-hydroxylation sites is 1. The molecule has 9 heteroatoms. The molecular formula is C34H36N2O6S. The Morgan fingerprint density at radius 3 is 2.21 bits per heavy atom. The van der Waals surface area contributed by atoms with Crippen LogP contribution in [0, 0.1) is 0 Å². The number of aryl methyl sites for hydroxylation is 1. The van der Waals surface area contributed by atoms with Crippen LogP contribution >= 0.6 is 0 Å². The van der Waals surface area contributed by atoms with Crippen LogP contribution in [0.1, 0.15) is 45.2 Å². The van der Waals surface area contributed by atoms with Crippen LogP contribution < -0.4 is 20.1 Å². The van der Waals surface area contributed by atoms with Gasteiger partial charge in [-0.2, -0.15) is 0 Å².